The number of carbonyl (C=O) groups excluding carboxylic acids is 1. The molecule has 1 N–H and O–H groups in total. The third-order valence-electron chi connectivity index (χ3n) is 4.92. The Morgan fingerprint density at radius 2 is 1.81 bits per heavy atom. The van der Waals surface area contributed by atoms with E-state index in [1.807, 2.05) is 0 Å². The summed E-state index contributed by atoms with van der Waals surface area (Å²) in [4.78, 5) is 13.8. The molecule has 0 aliphatic carbocycles. The van der Waals surface area contributed by atoms with Gasteiger partial charge >= 0.3 is 0 Å². The number of carbonyl (C=O) groups is 1. The van der Waals surface area contributed by atoms with Gasteiger partial charge in [-0.2, -0.15) is 9.03 Å². The Morgan fingerprint density at radius 1 is 1.16 bits per heavy atom. The highest BCUT2D eigenvalue weighted by molar-refractivity contribution is 7.89. The average Bonchev–Trinajstić information content (AvgIpc) is 3.06. The van der Waals surface area contributed by atoms with Crippen LogP contribution in [0.15, 0.2) is 38.6 Å². The fourth-order valence-corrected chi connectivity index (χ4v) is 6.38. The highest BCUT2D eigenvalue weighted by atomic mass is 32.2. The average molecular weight is 475 g/mol. The summed E-state index contributed by atoms with van der Waals surface area (Å²) in [5, 5.41) is 3.61. The van der Waals surface area contributed by atoms with Crippen molar-refractivity contribution in [1.29, 1.82) is 0 Å². The third-order valence-corrected chi connectivity index (χ3v) is 8.60. The van der Waals surface area contributed by atoms with Crippen LogP contribution in [0, 0.1) is 19.7 Å². The van der Waals surface area contributed by atoms with Crippen LogP contribution in [0.25, 0.3) is 0 Å². The smallest absolute Gasteiger partial charge is 0.246 e. The molecular formula is C18H23FN4O6S2. The zero-order valence-electron chi connectivity index (χ0n) is 17.2. The summed E-state index contributed by atoms with van der Waals surface area (Å²) in [7, 11) is -7.93. The van der Waals surface area contributed by atoms with Crippen molar-refractivity contribution in [3.63, 3.8) is 0 Å². The molecule has 3 rings (SSSR count). The fourth-order valence-electron chi connectivity index (χ4n) is 3.40. The van der Waals surface area contributed by atoms with Gasteiger partial charge in [0.05, 0.1) is 10.9 Å². The number of aryl methyl sites for hydroxylation is 2. The number of nitrogens with zero attached hydrogens (tertiary/aromatic N) is 3. The Hall–Kier alpha value is -2.35. The first-order valence-corrected chi connectivity index (χ1v) is 12.4. The molecule has 0 radical (unpaired) electrons. The van der Waals surface area contributed by atoms with Crippen LogP contribution in [-0.2, 0) is 24.8 Å². The van der Waals surface area contributed by atoms with Crippen molar-refractivity contribution in [2.75, 3.05) is 26.2 Å². The van der Waals surface area contributed by atoms with Gasteiger partial charge in [-0.05, 0) is 39.0 Å². The highest BCUT2D eigenvalue weighted by Crippen LogP contribution is 2.21. The number of hydrogen-bond donors (Lipinski definition) is 1. The van der Waals surface area contributed by atoms with Crippen molar-refractivity contribution in [1.82, 2.24) is 19.1 Å². The summed E-state index contributed by atoms with van der Waals surface area (Å²) >= 11 is 0. The van der Waals surface area contributed by atoms with E-state index >= 15 is 0 Å². The number of piperazine rings is 1. The molecule has 0 unspecified atom stereocenters. The molecular weight excluding hydrogens is 451 g/mol. The van der Waals surface area contributed by atoms with Crippen LogP contribution in [0.2, 0.25) is 0 Å². The van der Waals surface area contributed by atoms with E-state index in [1.165, 1.54) is 42.1 Å². The molecule has 31 heavy (non-hydrogen) atoms. The lowest BCUT2D eigenvalue weighted by molar-refractivity contribution is -0.133. The summed E-state index contributed by atoms with van der Waals surface area (Å²) in [6.45, 7) is 4.51. The van der Waals surface area contributed by atoms with Crippen molar-refractivity contribution in [2.45, 2.75) is 36.6 Å². The molecule has 10 nitrogen and oxygen atoms in total. The number of halogens is 1. The Morgan fingerprint density at radius 3 is 2.35 bits per heavy atom. The first-order chi connectivity index (χ1) is 14.4. The van der Waals surface area contributed by atoms with Crippen molar-refractivity contribution in [3.8, 4) is 0 Å². The number of amides is 1. The lowest BCUT2D eigenvalue weighted by atomic mass is 10.2. The number of aromatic nitrogens is 1. The van der Waals surface area contributed by atoms with Crippen molar-refractivity contribution >= 4 is 26.0 Å². The SMILES string of the molecule is Cc1noc(C)c1S(=O)(=O)N[C@@H](C)C(=O)N1CCN(S(=O)(=O)c2cccc(F)c2)CC1. The largest absolute Gasteiger partial charge is 0.360 e. The molecule has 1 fully saturated rings. The zero-order chi connectivity index (χ0) is 23.0. The minimum Gasteiger partial charge on any atom is -0.360 e. The Balaban J connectivity index is 1.65. The molecule has 1 aromatic carbocycles. The van der Waals surface area contributed by atoms with Crippen LogP contribution < -0.4 is 4.72 Å². The van der Waals surface area contributed by atoms with Gasteiger partial charge in [-0.3, -0.25) is 4.79 Å². The first kappa shape index (κ1) is 23.3. The quantitative estimate of drug-likeness (QED) is 0.650. The topological polar surface area (TPSA) is 130 Å². The number of benzene rings is 1. The summed E-state index contributed by atoms with van der Waals surface area (Å²) < 4.78 is 72.3. The predicted molar refractivity (Wildman–Crippen MR) is 107 cm³/mol. The van der Waals surface area contributed by atoms with Crippen LogP contribution in [0.1, 0.15) is 18.4 Å². The number of nitrogens with one attached hydrogen (secondary N) is 1. The van der Waals surface area contributed by atoms with E-state index in [1.54, 1.807) is 0 Å². The van der Waals surface area contributed by atoms with Gasteiger partial charge in [0.15, 0.2) is 5.76 Å². The maximum Gasteiger partial charge on any atom is 0.246 e. The zero-order valence-corrected chi connectivity index (χ0v) is 18.8. The molecule has 170 valence electrons. The van der Waals surface area contributed by atoms with Crippen molar-refractivity contribution in [3.05, 3.63) is 41.5 Å². The van der Waals surface area contributed by atoms with Gasteiger partial charge in [0.2, 0.25) is 26.0 Å². The lowest BCUT2D eigenvalue weighted by Gasteiger charge is -2.35. The van der Waals surface area contributed by atoms with Crippen LogP contribution in [0.3, 0.4) is 0 Å². The van der Waals surface area contributed by atoms with E-state index in [-0.39, 0.29) is 47.4 Å². The van der Waals surface area contributed by atoms with Crippen LogP contribution in [0.5, 0.6) is 0 Å². The van der Waals surface area contributed by atoms with E-state index in [0.29, 0.717) is 0 Å². The van der Waals surface area contributed by atoms with Gasteiger partial charge in [-0.15, -0.1) is 0 Å². The second kappa shape index (κ2) is 8.65. The van der Waals surface area contributed by atoms with E-state index in [9.17, 15) is 26.0 Å². The number of hydrogen-bond acceptors (Lipinski definition) is 7. The first-order valence-electron chi connectivity index (χ1n) is 9.43. The van der Waals surface area contributed by atoms with Gasteiger partial charge in [-0.25, -0.2) is 21.2 Å². The summed E-state index contributed by atoms with van der Waals surface area (Å²) in [6.07, 6.45) is 0. The normalized spacial score (nSPS) is 17.0. The molecule has 13 heteroatoms. The van der Waals surface area contributed by atoms with Gasteiger partial charge < -0.3 is 9.42 Å². The molecule has 0 bridgehead atoms. The molecule has 1 aromatic heterocycles. The van der Waals surface area contributed by atoms with Crippen LogP contribution in [0.4, 0.5) is 4.39 Å². The second-order valence-electron chi connectivity index (χ2n) is 7.18. The molecule has 1 aliphatic rings. The highest BCUT2D eigenvalue weighted by Gasteiger charge is 2.34. The molecule has 2 aromatic rings. The standard InChI is InChI=1S/C18H23FN4O6S2/c1-12-17(14(3)29-20-12)30(25,26)21-13(2)18(24)22-7-9-23(10-8-22)31(27,28)16-6-4-5-15(19)11-16/h4-6,11,13,21H,7-10H2,1-3H3/t13-/m0/s1. The molecule has 1 saturated heterocycles. The minimum absolute atomic E-state index is 0.00786. The molecule has 2 heterocycles. The third kappa shape index (κ3) is 4.79. The second-order valence-corrected chi connectivity index (χ2v) is 10.8. The van der Waals surface area contributed by atoms with Crippen LogP contribution >= 0.6 is 0 Å². The fraction of sp³-hybridized carbons (Fsp3) is 0.444. The minimum atomic E-state index is -4.03. The Bertz CT molecular complexity index is 1170. The Labute approximate surface area is 180 Å². The maximum atomic E-state index is 13.4. The maximum absolute atomic E-state index is 13.4. The van der Waals surface area contributed by atoms with Gasteiger partial charge in [-0.1, -0.05) is 11.2 Å². The number of sulfonamides is 2. The Kier molecular flexibility index (Phi) is 6.51. The van der Waals surface area contributed by atoms with Gasteiger partial charge in [0.1, 0.15) is 16.4 Å². The van der Waals surface area contributed by atoms with Crippen molar-refractivity contribution < 1.29 is 30.5 Å². The van der Waals surface area contributed by atoms with Crippen LogP contribution in [-0.4, -0.2) is 69.3 Å². The van der Waals surface area contributed by atoms with E-state index < -0.39 is 37.8 Å². The van der Waals surface area contributed by atoms with Gasteiger partial charge in [0, 0.05) is 26.2 Å². The lowest BCUT2D eigenvalue weighted by Crippen LogP contribution is -2.55. The summed E-state index contributed by atoms with van der Waals surface area (Å²) in [6, 6.07) is 3.64. The van der Waals surface area contributed by atoms with Gasteiger partial charge in [0.25, 0.3) is 0 Å². The molecule has 1 atom stereocenters. The predicted octanol–water partition coefficient (Wildman–Crippen LogP) is 0.630. The van der Waals surface area contributed by atoms with E-state index in [2.05, 4.69) is 9.88 Å². The van der Waals surface area contributed by atoms with Crippen molar-refractivity contribution in [2.24, 2.45) is 0 Å². The molecule has 1 amide bonds. The molecule has 1 aliphatic heterocycles. The molecule has 0 spiro atoms. The molecule has 0 saturated carbocycles. The number of rotatable bonds is 6. The summed E-state index contributed by atoms with van der Waals surface area (Å²) in [5.41, 5.74) is 0.181. The van der Waals surface area contributed by atoms with E-state index in [4.69, 9.17) is 4.52 Å². The summed E-state index contributed by atoms with van der Waals surface area (Å²) in [5.74, 6) is -1.03. The monoisotopic (exact) mass is 474 g/mol. The van der Waals surface area contributed by atoms with E-state index in [0.717, 1.165) is 12.1 Å².